The highest BCUT2D eigenvalue weighted by Gasteiger charge is 2.37. The van der Waals surface area contributed by atoms with Gasteiger partial charge in [-0.15, -0.1) is 0 Å². The fourth-order valence-corrected chi connectivity index (χ4v) is 3.91. The zero-order valence-electron chi connectivity index (χ0n) is 22.8. The van der Waals surface area contributed by atoms with E-state index in [4.69, 9.17) is 4.74 Å². The van der Waals surface area contributed by atoms with Crippen LogP contribution in [-0.4, -0.2) is 52.6 Å². The monoisotopic (exact) mass is 522 g/mol. The lowest BCUT2D eigenvalue weighted by Crippen LogP contribution is -2.54. The van der Waals surface area contributed by atoms with Gasteiger partial charge < -0.3 is 25.4 Å². The maximum absolute atomic E-state index is 14.0. The summed E-state index contributed by atoms with van der Waals surface area (Å²) in [7, 11) is 0. The molecular weight excluding hydrogens is 484 g/mol. The summed E-state index contributed by atoms with van der Waals surface area (Å²) >= 11 is 0. The fraction of sp³-hybridized carbons (Fsp3) is 0.448. The lowest BCUT2D eigenvalue weighted by molar-refractivity contribution is -0.141. The van der Waals surface area contributed by atoms with Gasteiger partial charge in [0.25, 0.3) is 0 Å². The molecule has 0 aromatic heterocycles. The molecule has 0 aliphatic rings. The Bertz CT molecular complexity index is 1140. The maximum Gasteiger partial charge on any atom is 0.408 e. The number of alkyl carbamates (subject to hydrolysis) is 1. The molecular formula is C29H38N4O5. The topological polar surface area (TPSA) is 132 Å². The lowest BCUT2D eigenvalue weighted by Gasteiger charge is -2.33. The van der Waals surface area contributed by atoms with E-state index in [1.807, 2.05) is 43.3 Å². The number of ether oxygens (including phenoxy) is 1. The molecule has 0 saturated heterocycles. The van der Waals surface area contributed by atoms with Crippen molar-refractivity contribution in [2.24, 2.45) is 0 Å². The Balaban J connectivity index is 2.54. The molecule has 0 radical (unpaired) electrons. The first-order valence-corrected chi connectivity index (χ1v) is 12.8. The highest BCUT2D eigenvalue weighted by atomic mass is 16.6. The molecule has 0 aliphatic carbocycles. The van der Waals surface area contributed by atoms with Crippen molar-refractivity contribution in [3.8, 4) is 11.8 Å². The summed E-state index contributed by atoms with van der Waals surface area (Å²) in [5, 5.41) is 25.9. The molecule has 3 N–H and O–H groups in total. The summed E-state index contributed by atoms with van der Waals surface area (Å²) in [6.45, 7) is 8.72. The van der Waals surface area contributed by atoms with Crippen LogP contribution in [0, 0.1) is 18.3 Å². The fourth-order valence-electron chi connectivity index (χ4n) is 3.91. The number of carbonyl (C=O) groups is 3. The summed E-state index contributed by atoms with van der Waals surface area (Å²) in [5.74, 6) is -1.32. The molecule has 2 aromatic carbocycles. The molecule has 9 nitrogen and oxygen atoms in total. The number of unbranched alkanes of at least 4 members (excludes halogenated alkanes) is 1. The summed E-state index contributed by atoms with van der Waals surface area (Å²) in [6.07, 6.45) is 0.873. The van der Waals surface area contributed by atoms with Crippen LogP contribution in [0.3, 0.4) is 0 Å². The summed E-state index contributed by atoms with van der Waals surface area (Å²) < 4.78 is 5.38. The average Bonchev–Trinajstić information content (AvgIpc) is 2.85. The Hall–Kier alpha value is -4.06. The number of benzene rings is 2. The standard InChI is InChI=1S/C29H38N4O5/c1-6-7-17-31-26(35)24(22-15-11-12-20(2)25(22)34)33(18-16-30)27(36)23(19-21-13-9-8-10-14-21)32-28(37)38-29(3,4)5/h8-15,23-24,34H,6-7,17-19H2,1-5H3,(H,31,35)(H,32,37). The minimum absolute atomic E-state index is 0.102. The molecule has 2 aromatic rings. The number of nitrogens with one attached hydrogen (secondary N) is 2. The van der Waals surface area contributed by atoms with Crippen LogP contribution >= 0.6 is 0 Å². The first-order valence-electron chi connectivity index (χ1n) is 12.8. The Morgan fingerprint density at radius 1 is 1.11 bits per heavy atom. The van der Waals surface area contributed by atoms with Gasteiger partial charge in [0, 0.05) is 18.5 Å². The van der Waals surface area contributed by atoms with Gasteiger partial charge in [0.2, 0.25) is 11.8 Å². The number of nitrogens with zero attached hydrogens (tertiary/aromatic N) is 2. The minimum atomic E-state index is -1.29. The quantitative estimate of drug-likeness (QED) is 0.300. The number of nitriles is 1. The van der Waals surface area contributed by atoms with Gasteiger partial charge in [0.15, 0.2) is 0 Å². The van der Waals surface area contributed by atoms with E-state index < -0.39 is 42.1 Å². The summed E-state index contributed by atoms with van der Waals surface area (Å²) in [4.78, 5) is 41.3. The van der Waals surface area contributed by atoms with Crippen molar-refractivity contribution < 1.29 is 24.2 Å². The molecule has 0 saturated carbocycles. The molecule has 3 amide bonds. The largest absolute Gasteiger partial charge is 0.507 e. The van der Waals surface area contributed by atoms with E-state index >= 15 is 0 Å². The lowest BCUT2D eigenvalue weighted by atomic mass is 9.98. The Labute approximate surface area is 224 Å². The van der Waals surface area contributed by atoms with Gasteiger partial charge in [0.1, 0.15) is 30.0 Å². The second kappa shape index (κ2) is 14.0. The number of phenolic OH excluding ortho intramolecular Hbond substituents is 1. The third kappa shape index (κ3) is 8.80. The molecule has 0 heterocycles. The van der Waals surface area contributed by atoms with Crippen LogP contribution < -0.4 is 10.6 Å². The molecule has 0 spiro atoms. The second-order valence-electron chi connectivity index (χ2n) is 10.1. The van der Waals surface area contributed by atoms with Crippen molar-refractivity contribution >= 4 is 17.9 Å². The van der Waals surface area contributed by atoms with Crippen molar-refractivity contribution in [3.63, 3.8) is 0 Å². The number of hydrogen-bond acceptors (Lipinski definition) is 6. The van der Waals surface area contributed by atoms with Gasteiger partial charge in [-0.3, -0.25) is 9.59 Å². The van der Waals surface area contributed by atoms with Gasteiger partial charge >= 0.3 is 6.09 Å². The summed E-state index contributed by atoms with van der Waals surface area (Å²) in [6, 6.07) is 13.5. The molecule has 2 unspecified atom stereocenters. The van der Waals surface area contributed by atoms with E-state index in [1.165, 1.54) is 0 Å². The minimum Gasteiger partial charge on any atom is -0.507 e. The van der Waals surface area contributed by atoms with Gasteiger partial charge in [-0.1, -0.05) is 61.9 Å². The van der Waals surface area contributed by atoms with Crippen LogP contribution in [0.4, 0.5) is 4.79 Å². The van der Waals surface area contributed by atoms with Crippen LogP contribution in [-0.2, 0) is 20.7 Å². The van der Waals surface area contributed by atoms with Crippen LogP contribution in [0.2, 0.25) is 0 Å². The van der Waals surface area contributed by atoms with Crippen molar-refractivity contribution in [2.45, 2.75) is 71.6 Å². The van der Waals surface area contributed by atoms with Gasteiger partial charge in [-0.05, 0) is 45.2 Å². The third-order valence-corrected chi connectivity index (χ3v) is 5.75. The molecule has 2 rings (SSSR count). The van der Waals surface area contributed by atoms with E-state index in [2.05, 4.69) is 10.6 Å². The molecule has 0 fully saturated rings. The number of amides is 3. The predicted octanol–water partition coefficient (Wildman–Crippen LogP) is 4.15. The number of aromatic hydroxyl groups is 1. The first-order chi connectivity index (χ1) is 18.0. The Morgan fingerprint density at radius 3 is 2.39 bits per heavy atom. The summed E-state index contributed by atoms with van der Waals surface area (Å²) in [5.41, 5.74) is 0.677. The van der Waals surface area contributed by atoms with Crippen molar-refractivity contribution in [3.05, 3.63) is 65.2 Å². The van der Waals surface area contributed by atoms with Crippen molar-refractivity contribution in [1.29, 1.82) is 5.26 Å². The molecule has 9 heteroatoms. The number of hydrogen-bond donors (Lipinski definition) is 3. The normalized spacial score (nSPS) is 12.5. The van der Waals surface area contributed by atoms with Crippen LogP contribution in [0.5, 0.6) is 5.75 Å². The van der Waals surface area contributed by atoms with Crippen LogP contribution in [0.15, 0.2) is 48.5 Å². The highest BCUT2D eigenvalue weighted by Crippen LogP contribution is 2.32. The van der Waals surface area contributed by atoms with E-state index in [0.29, 0.717) is 12.1 Å². The molecule has 0 aliphatic heterocycles. The number of para-hydroxylation sites is 1. The number of rotatable bonds is 11. The van der Waals surface area contributed by atoms with E-state index in [0.717, 1.165) is 23.3 Å². The average molecular weight is 523 g/mol. The Kier molecular flexibility index (Phi) is 11.1. The van der Waals surface area contributed by atoms with Gasteiger partial charge in [0.05, 0.1) is 6.07 Å². The highest BCUT2D eigenvalue weighted by molar-refractivity contribution is 5.93. The number of carbonyl (C=O) groups excluding carboxylic acids is 3. The third-order valence-electron chi connectivity index (χ3n) is 5.75. The second-order valence-corrected chi connectivity index (χ2v) is 10.1. The van der Waals surface area contributed by atoms with Crippen molar-refractivity contribution in [1.82, 2.24) is 15.5 Å². The Morgan fingerprint density at radius 2 is 1.79 bits per heavy atom. The van der Waals surface area contributed by atoms with Crippen LogP contribution in [0.25, 0.3) is 0 Å². The SMILES string of the molecule is CCCCNC(=O)C(c1cccc(C)c1O)N(CC#N)C(=O)C(Cc1ccccc1)NC(=O)OC(C)(C)C. The van der Waals surface area contributed by atoms with E-state index in [-0.39, 0.29) is 17.7 Å². The molecule has 38 heavy (non-hydrogen) atoms. The number of phenols is 1. The van der Waals surface area contributed by atoms with Crippen molar-refractivity contribution in [2.75, 3.05) is 13.1 Å². The van der Waals surface area contributed by atoms with Gasteiger partial charge in [-0.2, -0.15) is 5.26 Å². The predicted molar refractivity (Wildman–Crippen MR) is 144 cm³/mol. The smallest absolute Gasteiger partial charge is 0.408 e. The van der Waals surface area contributed by atoms with Crippen LogP contribution in [0.1, 0.15) is 63.3 Å². The molecule has 2 atom stereocenters. The zero-order valence-corrected chi connectivity index (χ0v) is 22.8. The first kappa shape index (κ1) is 30.2. The van der Waals surface area contributed by atoms with E-state index in [9.17, 15) is 24.8 Å². The number of aryl methyl sites for hydroxylation is 1. The van der Waals surface area contributed by atoms with E-state index in [1.54, 1.807) is 45.9 Å². The zero-order chi connectivity index (χ0) is 28.3. The molecule has 204 valence electrons. The van der Waals surface area contributed by atoms with Gasteiger partial charge in [-0.25, -0.2) is 4.79 Å². The molecule has 0 bridgehead atoms. The maximum atomic E-state index is 14.0.